The molecule has 4 heteroatoms. The normalized spacial score (nSPS) is 26.4. The summed E-state index contributed by atoms with van der Waals surface area (Å²) in [6, 6.07) is 10.8. The van der Waals surface area contributed by atoms with Gasteiger partial charge in [-0.3, -0.25) is 0 Å². The Bertz CT molecular complexity index is 551. The van der Waals surface area contributed by atoms with E-state index in [0.29, 0.717) is 18.3 Å². The molecule has 1 aliphatic heterocycles. The fraction of sp³-hybridized carbons (Fsp3) is 0.647. The molecule has 2 fully saturated rings. The molecule has 21 heavy (non-hydrogen) atoms. The molecule has 1 heterocycles. The first-order valence-corrected chi connectivity index (χ1v) is 9.86. The molecule has 1 aromatic rings. The summed E-state index contributed by atoms with van der Waals surface area (Å²) in [5.41, 5.74) is 1.29. The van der Waals surface area contributed by atoms with Gasteiger partial charge in [0.15, 0.2) is 9.84 Å². The molecule has 1 aromatic carbocycles. The Labute approximate surface area is 128 Å². The number of hydrogen-bond acceptors (Lipinski definition) is 3. The van der Waals surface area contributed by atoms with Crippen LogP contribution >= 0.6 is 0 Å². The van der Waals surface area contributed by atoms with Crippen molar-refractivity contribution in [2.24, 2.45) is 5.92 Å². The van der Waals surface area contributed by atoms with Gasteiger partial charge < -0.3 is 5.32 Å². The summed E-state index contributed by atoms with van der Waals surface area (Å²) in [4.78, 5) is 0. The Morgan fingerprint density at radius 1 is 1.10 bits per heavy atom. The molecule has 1 N–H and O–H groups in total. The zero-order valence-corrected chi connectivity index (χ0v) is 13.3. The topological polar surface area (TPSA) is 46.2 Å². The number of rotatable bonds is 6. The van der Waals surface area contributed by atoms with E-state index in [0.717, 1.165) is 25.2 Å². The SMILES string of the molecule is O=S1(=O)CCC[C@H]1CN[C@@H](CC1CCC1)c1ccccc1. The van der Waals surface area contributed by atoms with Crippen molar-refractivity contribution in [2.75, 3.05) is 12.3 Å². The lowest BCUT2D eigenvalue weighted by molar-refractivity contribution is 0.261. The summed E-state index contributed by atoms with van der Waals surface area (Å²) < 4.78 is 23.9. The first-order chi connectivity index (χ1) is 10.1. The molecule has 0 bridgehead atoms. The summed E-state index contributed by atoms with van der Waals surface area (Å²) in [5, 5.41) is 3.38. The van der Waals surface area contributed by atoms with Crippen LogP contribution in [0.25, 0.3) is 0 Å². The second kappa shape index (κ2) is 6.49. The van der Waals surface area contributed by atoms with E-state index in [1.807, 2.05) is 6.07 Å². The van der Waals surface area contributed by atoms with Crippen molar-refractivity contribution in [3.05, 3.63) is 35.9 Å². The molecule has 0 spiro atoms. The standard InChI is InChI=1S/C17H25NO2S/c19-21(20)11-5-10-16(21)13-18-17(12-14-6-4-7-14)15-8-2-1-3-9-15/h1-3,8-9,14,16-18H,4-7,10-13H2/t16-,17-/m0/s1. The molecule has 0 radical (unpaired) electrons. The van der Waals surface area contributed by atoms with E-state index in [-0.39, 0.29) is 5.25 Å². The van der Waals surface area contributed by atoms with E-state index >= 15 is 0 Å². The zero-order valence-electron chi connectivity index (χ0n) is 12.5. The summed E-state index contributed by atoms with van der Waals surface area (Å²) >= 11 is 0. The Hall–Kier alpha value is -0.870. The van der Waals surface area contributed by atoms with Crippen molar-refractivity contribution >= 4 is 9.84 Å². The van der Waals surface area contributed by atoms with Crippen LogP contribution in [0.4, 0.5) is 0 Å². The van der Waals surface area contributed by atoms with E-state index in [4.69, 9.17) is 0 Å². The molecule has 2 atom stereocenters. The monoisotopic (exact) mass is 307 g/mol. The summed E-state index contributed by atoms with van der Waals surface area (Å²) in [6.45, 7) is 0.606. The molecule has 1 aliphatic carbocycles. The molecule has 3 rings (SSSR count). The van der Waals surface area contributed by atoms with Gasteiger partial charge in [0.1, 0.15) is 0 Å². The van der Waals surface area contributed by atoms with E-state index in [1.165, 1.54) is 24.8 Å². The third-order valence-corrected chi connectivity index (χ3v) is 7.33. The number of hydrogen-bond donors (Lipinski definition) is 1. The van der Waals surface area contributed by atoms with Crippen molar-refractivity contribution < 1.29 is 8.42 Å². The number of sulfone groups is 1. The lowest BCUT2D eigenvalue weighted by Crippen LogP contribution is -2.34. The highest BCUT2D eigenvalue weighted by molar-refractivity contribution is 7.92. The Balaban J connectivity index is 1.64. The third-order valence-electron chi connectivity index (χ3n) is 5.05. The fourth-order valence-corrected chi connectivity index (χ4v) is 5.22. The van der Waals surface area contributed by atoms with Gasteiger partial charge in [-0.2, -0.15) is 0 Å². The van der Waals surface area contributed by atoms with Crippen molar-refractivity contribution in [3.63, 3.8) is 0 Å². The molecule has 1 saturated heterocycles. The van der Waals surface area contributed by atoms with Crippen molar-refractivity contribution in [1.82, 2.24) is 5.32 Å². The van der Waals surface area contributed by atoms with Gasteiger partial charge in [-0.1, -0.05) is 49.6 Å². The van der Waals surface area contributed by atoms with Gasteiger partial charge in [-0.25, -0.2) is 8.42 Å². The second-order valence-electron chi connectivity index (χ2n) is 6.54. The minimum Gasteiger partial charge on any atom is -0.309 e. The third kappa shape index (κ3) is 3.67. The van der Waals surface area contributed by atoms with Gasteiger partial charge in [0, 0.05) is 12.6 Å². The maximum Gasteiger partial charge on any atom is 0.154 e. The summed E-state index contributed by atoms with van der Waals surface area (Å²) in [6.07, 6.45) is 6.78. The van der Waals surface area contributed by atoms with Gasteiger partial charge in [-0.15, -0.1) is 0 Å². The molecule has 116 valence electrons. The quantitative estimate of drug-likeness (QED) is 0.878. The minimum atomic E-state index is -2.85. The van der Waals surface area contributed by atoms with E-state index < -0.39 is 9.84 Å². The maximum absolute atomic E-state index is 12.0. The van der Waals surface area contributed by atoms with Crippen LogP contribution in [0.15, 0.2) is 30.3 Å². The average molecular weight is 307 g/mol. The predicted molar refractivity (Wildman–Crippen MR) is 86.0 cm³/mol. The van der Waals surface area contributed by atoms with Crippen LogP contribution in [0.1, 0.15) is 50.1 Å². The Kier molecular flexibility index (Phi) is 4.65. The summed E-state index contributed by atoms with van der Waals surface area (Å²) in [5.74, 6) is 1.18. The maximum atomic E-state index is 12.0. The van der Waals surface area contributed by atoms with Crippen LogP contribution in [0.5, 0.6) is 0 Å². The first-order valence-electron chi connectivity index (χ1n) is 8.15. The molecule has 0 aromatic heterocycles. The molecular formula is C17H25NO2S. The van der Waals surface area contributed by atoms with Crippen LogP contribution in [0.2, 0.25) is 0 Å². The zero-order chi connectivity index (χ0) is 14.7. The highest BCUT2D eigenvalue weighted by atomic mass is 32.2. The number of nitrogens with one attached hydrogen (secondary N) is 1. The van der Waals surface area contributed by atoms with E-state index in [9.17, 15) is 8.42 Å². The average Bonchev–Trinajstić information content (AvgIpc) is 2.77. The van der Waals surface area contributed by atoms with E-state index in [1.54, 1.807) is 0 Å². The fourth-order valence-electron chi connectivity index (χ4n) is 3.45. The summed E-state index contributed by atoms with van der Waals surface area (Å²) in [7, 11) is -2.85. The molecule has 1 saturated carbocycles. The van der Waals surface area contributed by atoms with Crippen molar-refractivity contribution in [3.8, 4) is 0 Å². The van der Waals surface area contributed by atoms with Gasteiger partial charge in [0.05, 0.1) is 11.0 Å². The highest BCUT2D eigenvalue weighted by Gasteiger charge is 2.32. The van der Waals surface area contributed by atoms with Crippen LogP contribution in [-0.4, -0.2) is 26.0 Å². The largest absolute Gasteiger partial charge is 0.309 e. The Morgan fingerprint density at radius 2 is 1.86 bits per heavy atom. The van der Waals surface area contributed by atoms with Crippen LogP contribution in [0, 0.1) is 5.92 Å². The molecule has 3 nitrogen and oxygen atoms in total. The lowest BCUT2D eigenvalue weighted by Gasteiger charge is -2.31. The minimum absolute atomic E-state index is 0.176. The van der Waals surface area contributed by atoms with Gasteiger partial charge in [-0.05, 0) is 30.7 Å². The smallest absolute Gasteiger partial charge is 0.154 e. The van der Waals surface area contributed by atoms with Gasteiger partial charge in [0.25, 0.3) is 0 Å². The molecule has 0 amide bonds. The molecule has 0 unspecified atom stereocenters. The number of benzene rings is 1. The van der Waals surface area contributed by atoms with Crippen LogP contribution in [0.3, 0.4) is 0 Å². The second-order valence-corrected chi connectivity index (χ2v) is 8.94. The van der Waals surface area contributed by atoms with E-state index in [2.05, 4.69) is 29.6 Å². The molecule has 2 aliphatic rings. The predicted octanol–water partition coefficient (Wildman–Crippen LogP) is 3.08. The highest BCUT2D eigenvalue weighted by Crippen LogP contribution is 2.35. The van der Waals surface area contributed by atoms with Gasteiger partial charge >= 0.3 is 0 Å². The van der Waals surface area contributed by atoms with Crippen LogP contribution in [-0.2, 0) is 9.84 Å². The van der Waals surface area contributed by atoms with Crippen LogP contribution < -0.4 is 5.32 Å². The Morgan fingerprint density at radius 3 is 2.43 bits per heavy atom. The first kappa shape index (κ1) is 15.0. The van der Waals surface area contributed by atoms with Crippen molar-refractivity contribution in [1.29, 1.82) is 0 Å². The molecular weight excluding hydrogens is 282 g/mol. The van der Waals surface area contributed by atoms with Gasteiger partial charge in [0.2, 0.25) is 0 Å². The van der Waals surface area contributed by atoms with Crippen molar-refractivity contribution in [2.45, 2.75) is 49.8 Å². The lowest BCUT2D eigenvalue weighted by atomic mass is 9.79.